The van der Waals surface area contributed by atoms with E-state index in [1.807, 2.05) is 6.07 Å². The van der Waals surface area contributed by atoms with Crippen molar-refractivity contribution in [2.24, 2.45) is 0 Å². The second-order valence-corrected chi connectivity index (χ2v) is 5.92. The van der Waals surface area contributed by atoms with Crippen molar-refractivity contribution in [2.45, 2.75) is 32.6 Å². The lowest BCUT2D eigenvalue weighted by molar-refractivity contribution is -0.145. The highest BCUT2D eigenvalue weighted by molar-refractivity contribution is 5.95. The summed E-state index contributed by atoms with van der Waals surface area (Å²) >= 11 is 0. The maximum absolute atomic E-state index is 13.4. The fraction of sp³-hybridized carbons (Fsp3) is 0.353. The van der Waals surface area contributed by atoms with E-state index < -0.39 is 29.4 Å². The Morgan fingerprint density at radius 3 is 2.64 bits per heavy atom. The molecule has 132 valence electrons. The van der Waals surface area contributed by atoms with Crippen molar-refractivity contribution in [1.82, 2.24) is 14.7 Å². The molecule has 1 heterocycles. The number of halogens is 3. The number of nitrogens with zero attached hydrogens (tertiary/aromatic N) is 4. The minimum Gasteiger partial charge on any atom is -0.337 e. The number of carbonyl (C=O) groups excluding carboxylic acids is 1. The molecule has 1 amide bonds. The SMILES string of the molecule is CC(C)n1ncc(C(=O)N(C)Cc2cccc(C#N)c2)c1C(F)(F)F. The first-order valence-corrected chi connectivity index (χ1v) is 7.54. The van der Waals surface area contributed by atoms with Crippen LogP contribution in [0.25, 0.3) is 0 Å². The van der Waals surface area contributed by atoms with Crippen LogP contribution in [0.5, 0.6) is 0 Å². The van der Waals surface area contributed by atoms with E-state index in [4.69, 9.17) is 5.26 Å². The molecule has 8 heteroatoms. The Balaban J connectivity index is 2.32. The Bertz CT molecular complexity index is 818. The van der Waals surface area contributed by atoms with Gasteiger partial charge in [0.2, 0.25) is 0 Å². The summed E-state index contributed by atoms with van der Waals surface area (Å²) in [6.07, 6.45) is -3.74. The molecule has 2 aromatic rings. The summed E-state index contributed by atoms with van der Waals surface area (Å²) in [5.41, 5.74) is -0.466. The first-order valence-electron chi connectivity index (χ1n) is 7.54. The van der Waals surface area contributed by atoms with Crippen LogP contribution in [-0.4, -0.2) is 27.6 Å². The molecule has 0 spiro atoms. The first-order chi connectivity index (χ1) is 11.6. The van der Waals surface area contributed by atoms with Gasteiger partial charge in [-0.2, -0.15) is 23.5 Å². The zero-order chi connectivity index (χ0) is 18.8. The lowest BCUT2D eigenvalue weighted by atomic mass is 10.1. The van der Waals surface area contributed by atoms with Crippen molar-refractivity contribution in [3.63, 3.8) is 0 Å². The van der Waals surface area contributed by atoms with Crippen LogP contribution in [0.3, 0.4) is 0 Å². The fourth-order valence-electron chi connectivity index (χ4n) is 2.48. The molecule has 0 atom stereocenters. The molecule has 2 rings (SSSR count). The third-order valence-electron chi connectivity index (χ3n) is 3.61. The number of rotatable bonds is 4. The fourth-order valence-corrected chi connectivity index (χ4v) is 2.48. The minimum atomic E-state index is -4.69. The summed E-state index contributed by atoms with van der Waals surface area (Å²) in [5.74, 6) is -0.776. The number of amides is 1. The molecule has 0 aliphatic heterocycles. The minimum absolute atomic E-state index is 0.0819. The van der Waals surface area contributed by atoms with Crippen molar-refractivity contribution < 1.29 is 18.0 Å². The van der Waals surface area contributed by atoms with Gasteiger partial charge in [-0.05, 0) is 31.5 Å². The molecule has 0 bridgehead atoms. The topological polar surface area (TPSA) is 61.9 Å². The van der Waals surface area contributed by atoms with Crippen molar-refractivity contribution in [2.75, 3.05) is 7.05 Å². The summed E-state index contributed by atoms with van der Waals surface area (Å²) in [4.78, 5) is 13.7. The van der Waals surface area contributed by atoms with E-state index in [1.165, 1.54) is 11.9 Å². The number of nitriles is 1. The number of hydrogen-bond acceptors (Lipinski definition) is 3. The first kappa shape index (κ1) is 18.5. The zero-order valence-corrected chi connectivity index (χ0v) is 14.0. The summed E-state index contributed by atoms with van der Waals surface area (Å²) in [6, 6.07) is 8.01. The highest BCUT2D eigenvalue weighted by Gasteiger charge is 2.41. The van der Waals surface area contributed by atoms with E-state index in [0.717, 1.165) is 10.9 Å². The average molecular weight is 350 g/mol. The highest BCUT2D eigenvalue weighted by atomic mass is 19.4. The Kier molecular flexibility index (Phi) is 5.16. The molecule has 5 nitrogen and oxygen atoms in total. The molecule has 0 fully saturated rings. The predicted molar refractivity (Wildman–Crippen MR) is 84.6 cm³/mol. The van der Waals surface area contributed by atoms with Crippen LogP contribution in [0.4, 0.5) is 13.2 Å². The van der Waals surface area contributed by atoms with Gasteiger partial charge in [-0.1, -0.05) is 12.1 Å². The van der Waals surface area contributed by atoms with Gasteiger partial charge in [0.1, 0.15) is 0 Å². The molecule has 0 saturated carbocycles. The van der Waals surface area contributed by atoms with Gasteiger partial charge in [0.15, 0.2) is 5.69 Å². The monoisotopic (exact) mass is 350 g/mol. The van der Waals surface area contributed by atoms with Gasteiger partial charge in [0.25, 0.3) is 5.91 Å². The molecular formula is C17H17F3N4O. The third-order valence-corrected chi connectivity index (χ3v) is 3.61. The standard InChI is InChI=1S/C17H17F3N4O/c1-11(2)24-15(17(18,19)20)14(9-22-24)16(25)23(3)10-13-6-4-5-12(7-13)8-21/h4-7,9,11H,10H2,1-3H3. The van der Waals surface area contributed by atoms with E-state index in [-0.39, 0.29) is 6.54 Å². The number of alkyl halides is 3. The van der Waals surface area contributed by atoms with Gasteiger partial charge in [0.05, 0.1) is 23.4 Å². The van der Waals surface area contributed by atoms with Gasteiger partial charge in [-0.3, -0.25) is 9.48 Å². The zero-order valence-electron chi connectivity index (χ0n) is 14.0. The van der Waals surface area contributed by atoms with Crippen LogP contribution < -0.4 is 0 Å². The molecular weight excluding hydrogens is 333 g/mol. The van der Waals surface area contributed by atoms with Crippen LogP contribution in [0.15, 0.2) is 30.5 Å². The maximum atomic E-state index is 13.4. The van der Waals surface area contributed by atoms with Gasteiger partial charge in [0, 0.05) is 19.6 Å². The van der Waals surface area contributed by atoms with Gasteiger partial charge in [-0.15, -0.1) is 0 Å². The van der Waals surface area contributed by atoms with Crippen molar-refractivity contribution in [3.05, 3.63) is 52.8 Å². The number of hydrogen-bond donors (Lipinski definition) is 0. The maximum Gasteiger partial charge on any atom is 0.433 e. The number of aromatic nitrogens is 2. The number of benzene rings is 1. The van der Waals surface area contributed by atoms with Crippen molar-refractivity contribution in [1.29, 1.82) is 5.26 Å². The second kappa shape index (κ2) is 6.97. The lowest BCUT2D eigenvalue weighted by Crippen LogP contribution is -2.29. The Morgan fingerprint density at radius 1 is 1.40 bits per heavy atom. The van der Waals surface area contributed by atoms with Crippen molar-refractivity contribution in [3.8, 4) is 6.07 Å². The molecule has 0 radical (unpaired) electrons. The smallest absolute Gasteiger partial charge is 0.337 e. The predicted octanol–water partition coefficient (Wildman–Crippen LogP) is 3.63. The Morgan fingerprint density at radius 2 is 2.08 bits per heavy atom. The van der Waals surface area contributed by atoms with Crippen LogP contribution in [0.2, 0.25) is 0 Å². The van der Waals surface area contributed by atoms with E-state index in [9.17, 15) is 18.0 Å². The second-order valence-electron chi connectivity index (χ2n) is 5.92. The van der Waals surface area contributed by atoms with Crippen LogP contribution in [0, 0.1) is 11.3 Å². The van der Waals surface area contributed by atoms with E-state index in [2.05, 4.69) is 5.10 Å². The summed E-state index contributed by atoms with van der Waals surface area (Å²) in [5, 5.41) is 12.6. The molecule has 25 heavy (non-hydrogen) atoms. The van der Waals surface area contributed by atoms with Crippen molar-refractivity contribution >= 4 is 5.91 Å². The largest absolute Gasteiger partial charge is 0.433 e. The van der Waals surface area contributed by atoms with Crippen LogP contribution in [-0.2, 0) is 12.7 Å². The van der Waals surface area contributed by atoms with Gasteiger partial charge < -0.3 is 4.90 Å². The Hall–Kier alpha value is -2.82. The average Bonchev–Trinajstić information content (AvgIpc) is 2.99. The van der Waals surface area contributed by atoms with Gasteiger partial charge >= 0.3 is 6.18 Å². The molecule has 0 aliphatic rings. The van der Waals surface area contributed by atoms with E-state index in [1.54, 1.807) is 38.1 Å². The normalized spacial score (nSPS) is 11.4. The molecule has 0 aliphatic carbocycles. The third kappa shape index (κ3) is 3.99. The quantitative estimate of drug-likeness (QED) is 0.846. The highest BCUT2D eigenvalue weighted by Crippen LogP contribution is 2.34. The molecule has 0 unspecified atom stereocenters. The molecule has 0 N–H and O–H groups in total. The Labute approximate surface area is 143 Å². The van der Waals surface area contributed by atoms with Gasteiger partial charge in [-0.25, -0.2) is 0 Å². The summed E-state index contributed by atoms with van der Waals surface area (Å²) in [6.45, 7) is 3.21. The lowest BCUT2D eigenvalue weighted by Gasteiger charge is -2.19. The summed E-state index contributed by atoms with van der Waals surface area (Å²) in [7, 11) is 1.41. The van der Waals surface area contributed by atoms with Crippen LogP contribution >= 0.6 is 0 Å². The van der Waals surface area contributed by atoms with E-state index in [0.29, 0.717) is 11.1 Å². The van der Waals surface area contributed by atoms with E-state index >= 15 is 0 Å². The van der Waals surface area contributed by atoms with Crippen LogP contribution in [0.1, 0.15) is 47.1 Å². The summed E-state index contributed by atoms with van der Waals surface area (Å²) < 4.78 is 41.0. The molecule has 1 aromatic carbocycles. The molecule has 1 aromatic heterocycles. The number of carbonyl (C=O) groups is 1. The molecule has 0 saturated heterocycles.